The van der Waals surface area contributed by atoms with E-state index in [-0.39, 0.29) is 18.6 Å². The van der Waals surface area contributed by atoms with Crippen LogP contribution in [0, 0.1) is 5.92 Å². The summed E-state index contributed by atoms with van der Waals surface area (Å²) in [6.45, 7) is 0.642. The first-order chi connectivity index (χ1) is 8.63. The molecule has 0 atom stereocenters. The molecule has 1 amide bonds. The van der Waals surface area contributed by atoms with Gasteiger partial charge in [-0.25, -0.2) is 0 Å². The molecule has 2 rings (SSSR count). The summed E-state index contributed by atoms with van der Waals surface area (Å²) in [6.07, 6.45) is 1.39. The predicted molar refractivity (Wildman–Crippen MR) is 71.4 cm³/mol. The third-order valence-corrected chi connectivity index (χ3v) is 3.46. The SMILES string of the molecule is O=C(COc1cccc(Br)c1)NCC1CC(O)C1. The molecular formula is C13H16BrNO3. The number of aliphatic hydroxyl groups excluding tert-OH is 1. The van der Waals surface area contributed by atoms with Gasteiger partial charge < -0.3 is 15.2 Å². The molecule has 98 valence electrons. The summed E-state index contributed by atoms with van der Waals surface area (Å²) in [5.74, 6) is 0.949. The third-order valence-electron chi connectivity index (χ3n) is 2.96. The summed E-state index contributed by atoms with van der Waals surface area (Å²) in [7, 11) is 0. The zero-order chi connectivity index (χ0) is 13.0. The predicted octanol–water partition coefficient (Wildman–Crippen LogP) is 1.71. The topological polar surface area (TPSA) is 58.6 Å². The molecule has 1 aliphatic carbocycles. The summed E-state index contributed by atoms with van der Waals surface area (Å²) in [4.78, 5) is 11.5. The molecule has 0 bridgehead atoms. The molecule has 1 saturated carbocycles. The molecule has 0 saturated heterocycles. The van der Waals surface area contributed by atoms with Gasteiger partial charge in [0.2, 0.25) is 0 Å². The molecule has 2 N–H and O–H groups in total. The Morgan fingerprint density at radius 2 is 2.28 bits per heavy atom. The number of hydrogen-bond acceptors (Lipinski definition) is 3. The Labute approximate surface area is 114 Å². The minimum absolute atomic E-state index is 0.0196. The molecule has 0 heterocycles. The smallest absolute Gasteiger partial charge is 0.257 e. The first kappa shape index (κ1) is 13.4. The Bertz CT molecular complexity index is 418. The van der Waals surface area contributed by atoms with E-state index in [1.54, 1.807) is 6.07 Å². The quantitative estimate of drug-likeness (QED) is 0.870. The Hall–Kier alpha value is -1.07. The first-order valence-electron chi connectivity index (χ1n) is 5.96. The monoisotopic (exact) mass is 313 g/mol. The highest BCUT2D eigenvalue weighted by Gasteiger charge is 2.27. The number of carbonyl (C=O) groups excluding carboxylic acids is 1. The minimum Gasteiger partial charge on any atom is -0.484 e. The van der Waals surface area contributed by atoms with Crippen LogP contribution in [0.1, 0.15) is 12.8 Å². The molecule has 0 aliphatic heterocycles. The van der Waals surface area contributed by atoms with Crippen molar-refractivity contribution in [2.75, 3.05) is 13.2 Å². The second-order valence-electron chi connectivity index (χ2n) is 4.54. The van der Waals surface area contributed by atoms with E-state index in [9.17, 15) is 4.79 Å². The molecule has 0 unspecified atom stereocenters. The maximum Gasteiger partial charge on any atom is 0.257 e. The normalized spacial score (nSPS) is 22.1. The van der Waals surface area contributed by atoms with Gasteiger partial charge in [-0.2, -0.15) is 0 Å². The maximum atomic E-state index is 11.5. The highest BCUT2D eigenvalue weighted by Crippen LogP contribution is 2.26. The van der Waals surface area contributed by atoms with Gasteiger partial charge in [-0.05, 0) is 37.0 Å². The highest BCUT2D eigenvalue weighted by atomic mass is 79.9. The van der Waals surface area contributed by atoms with Gasteiger partial charge in [0.15, 0.2) is 6.61 Å². The first-order valence-corrected chi connectivity index (χ1v) is 6.76. The lowest BCUT2D eigenvalue weighted by atomic mass is 9.82. The van der Waals surface area contributed by atoms with Crippen LogP contribution in [-0.2, 0) is 4.79 Å². The van der Waals surface area contributed by atoms with Crippen molar-refractivity contribution >= 4 is 21.8 Å². The van der Waals surface area contributed by atoms with Crippen molar-refractivity contribution in [1.82, 2.24) is 5.32 Å². The van der Waals surface area contributed by atoms with Crippen LogP contribution in [0.5, 0.6) is 5.75 Å². The van der Waals surface area contributed by atoms with Crippen LogP contribution in [0.4, 0.5) is 0 Å². The average Bonchev–Trinajstić information content (AvgIpc) is 2.31. The molecule has 0 radical (unpaired) electrons. The zero-order valence-corrected chi connectivity index (χ0v) is 11.5. The molecule has 1 aromatic carbocycles. The number of nitrogens with one attached hydrogen (secondary N) is 1. The molecule has 0 spiro atoms. The molecule has 18 heavy (non-hydrogen) atoms. The van der Waals surface area contributed by atoms with Gasteiger partial charge in [-0.1, -0.05) is 22.0 Å². The van der Waals surface area contributed by atoms with E-state index in [4.69, 9.17) is 9.84 Å². The van der Waals surface area contributed by atoms with E-state index in [0.29, 0.717) is 18.2 Å². The summed E-state index contributed by atoms with van der Waals surface area (Å²) in [6, 6.07) is 7.37. The van der Waals surface area contributed by atoms with E-state index in [0.717, 1.165) is 17.3 Å². The number of amides is 1. The third kappa shape index (κ3) is 3.99. The number of halogens is 1. The van der Waals surface area contributed by atoms with Crippen LogP contribution in [0.2, 0.25) is 0 Å². The maximum absolute atomic E-state index is 11.5. The lowest BCUT2D eigenvalue weighted by molar-refractivity contribution is -0.123. The molecule has 4 nitrogen and oxygen atoms in total. The molecular weight excluding hydrogens is 298 g/mol. The Morgan fingerprint density at radius 3 is 2.94 bits per heavy atom. The fourth-order valence-corrected chi connectivity index (χ4v) is 2.26. The second kappa shape index (κ2) is 6.20. The Kier molecular flexibility index (Phi) is 4.60. The standard InChI is InChI=1S/C13H16BrNO3/c14-10-2-1-3-12(6-10)18-8-13(17)15-7-9-4-11(16)5-9/h1-3,6,9,11,16H,4-5,7-8H2,(H,15,17). The fraction of sp³-hybridized carbons (Fsp3) is 0.462. The van der Waals surface area contributed by atoms with Gasteiger partial charge >= 0.3 is 0 Å². The van der Waals surface area contributed by atoms with Crippen molar-refractivity contribution in [2.24, 2.45) is 5.92 Å². The number of ether oxygens (including phenoxy) is 1. The minimum atomic E-state index is -0.176. The number of carbonyl (C=O) groups is 1. The number of benzene rings is 1. The van der Waals surface area contributed by atoms with Gasteiger partial charge in [0, 0.05) is 11.0 Å². The van der Waals surface area contributed by atoms with Gasteiger partial charge in [-0.15, -0.1) is 0 Å². The van der Waals surface area contributed by atoms with Crippen molar-refractivity contribution in [2.45, 2.75) is 18.9 Å². The van der Waals surface area contributed by atoms with E-state index in [2.05, 4.69) is 21.2 Å². The van der Waals surface area contributed by atoms with Gasteiger partial charge in [0.05, 0.1) is 6.10 Å². The van der Waals surface area contributed by atoms with Crippen LogP contribution in [-0.4, -0.2) is 30.3 Å². The average molecular weight is 314 g/mol. The molecule has 1 fully saturated rings. The van der Waals surface area contributed by atoms with E-state index >= 15 is 0 Å². The molecule has 1 aromatic rings. The lowest BCUT2D eigenvalue weighted by Crippen LogP contribution is -2.39. The number of aliphatic hydroxyl groups is 1. The van der Waals surface area contributed by atoms with E-state index in [1.807, 2.05) is 18.2 Å². The van der Waals surface area contributed by atoms with Crippen LogP contribution >= 0.6 is 15.9 Å². The molecule has 5 heteroatoms. The zero-order valence-electron chi connectivity index (χ0n) is 9.93. The van der Waals surface area contributed by atoms with Gasteiger partial charge in [0.25, 0.3) is 5.91 Å². The Balaban J connectivity index is 1.65. The number of rotatable bonds is 5. The second-order valence-corrected chi connectivity index (χ2v) is 5.46. The summed E-state index contributed by atoms with van der Waals surface area (Å²) in [5, 5.41) is 11.9. The van der Waals surface area contributed by atoms with Crippen molar-refractivity contribution in [3.63, 3.8) is 0 Å². The number of hydrogen-bond donors (Lipinski definition) is 2. The van der Waals surface area contributed by atoms with Crippen LogP contribution in [0.25, 0.3) is 0 Å². The lowest BCUT2D eigenvalue weighted by Gasteiger charge is -2.31. The van der Waals surface area contributed by atoms with Gasteiger partial charge in [-0.3, -0.25) is 4.79 Å². The van der Waals surface area contributed by atoms with Crippen LogP contribution < -0.4 is 10.1 Å². The van der Waals surface area contributed by atoms with E-state index < -0.39 is 0 Å². The summed E-state index contributed by atoms with van der Waals surface area (Å²) in [5.41, 5.74) is 0. The fourth-order valence-electron chi connectivity index (χ4n) is 1.88. The molecule has 0 aromatic heterocycles. The van der Waals surface area contributed by atoms with Crippen molar-refractivity contribution in [1.29, 1.82) is 0 Å². The van der Waals surface area contributed by atoms with Crippen molar-refractivity contribution in [3.05, 3.63) is 28.7 Å². The van der Waals surface area contributed by atoms with Crippen molar-refractivity contribution in [3.8, 4) is 5.75 Å². The van der Waals surface area contributed by atoms with Gasteiger partial charge in [0.1, 0.15) is 5.75 Å². The highest BCUT2D eigenvalue weighted by molar-refractivity contribution is 9.10. The van der Waals surface area contributed by atoms with Crippen LogP contribution in [0.15, 0.2) is 28.7 Å². The van der Waals surface area contributed by atoms with E-state index in [1.165, 1.54) is 0 Å². The molecule has 1 aliphatic rings. The largest absolute Gasteiger partial charge is 0.484 e. The summed E-state index contributed by atoms with van der Waals surface area (Å²) < 4.78 is 6.28. The van der Waals surface area contributed by atoms with Crippen molar-refractivity contribution < 1.29 is 14.6 Å². The Morgan fingerprint density at radius 1 is 1.50 bits per heavy atom. The summed E-state index contributed by atoms with van der Waals surface area (Å²) >= 11 is 3.34. The van der Waals surface area contributed by atoms with Crippen LogP contribution in [0.3, 0.4) is 0 Å².